The Labute approximate surface area is 109 Å². The number of carbonyl (C=O) groups is 1. The zero-order chi connectivity index (χ0) is 13.4. The van der Waals surface area contributed by atoms with Crippen LogP contribution in [0.4, 0.5) is 4.39 Å². The van der Waals surface area contributed by atoms with Crippen LogP contribution in [0, 0.1) is 5.82 Å². The van der Waals surface area contributed by atoms with Crippen molar-refractivity contribution >= 4 is 17.7 Å². The lowest BCUT2D eigenvalue weighted by Gasteiger charge is -2.08. The number of amides is 1. The van der Waals surface area contributed by atoms with Gasteiger partial charge in [0.15, 0.2) is 0 Å². The highest BCUT2D eigenvalue weighted by molar-refractivity contribution is 7.99. The van der Waals surface area contributed by atoms with Crippen LogP contribution in [0.3, 0.4) is 0 Å². The Morgan fingerprint density at radius 1 is 1.39 bits per heavy atom. The molecule has 0 saturated heterocycles. The third-order valence-electron chi connectivity index (χ3n) is 2.16. The van der Waals surface area contributed by atoms with E-state index in [1.807, 2.05) is 0 Å². The van der Waals surface area contributed by atoms with Crippen molar-refractivity contribution in [1.29, 1.82) is 0 Å². The van der Waals surface area contributed by atoms with Gasteiger partial charge in [0, 0.05) is 23.6 Å². The third kappa shape index (κ3) is 6.00. The van der Waals surface area contributed by atoms with E-state index in [4.69, 9.17) is 10.2 Å². The lowest BCUT2D eigenvalue weighted by Crippen LogP contribution is -2.33. The molecule has 0 aromatic heterocycles. The number of thioether (sulfide) groups is 1. The van der Waals surface area contributed by atoms with Crippen molar-refractivity contribution < 1.29 is 19.4 Å². The molecule has 100 valence electrons. The molecule has 0 aliphatic heterocycles. The maximum Gasteiger partial charge on any atom is 0.220 e. The van der Waals surface area contributed by atoms with Crippen LogP contribution >= 0.6 is 11.8 Å². The van der Waals surface area contributed by atoms with Gasteiger partial charge in [-0.15, -0.1) is 11.8 Å². The molecule has 6 heteroatoms. The number of benzene rings is 1. The van der Waals surface area contributed by atoms with E-state index < -0.39 is 6.10 Å². The van der Waals surface area contributed by atoms with Gasteiger partial charge in [-0.25, -0.2) is 4.39 Å². The van der Waals surface area contributed by atoms with Crippen LogP contribution in [0.25, 0.3) is 0 Å². The number of rotatable bonds is 7. The van der Waals surface area contributed by atoms with Gasteiger partial charge >= 0.3 is 0 Å². The van der Waals surface area contributed by atoms with Gasteiger partial charge in [0.1, 0.15) is 5.82 Å². The maximum atomic E-state index is 12.6. The molecule has 0 fully saturated rings. The lowest BCUT2D eigenvalue weighted by atomic mass is 10.3. The summed E-state index contributed by atoms with van der Waals surface area (Å²) in [7, 11) is 0. The summed E-state index contributed by atoms with van der Waals surface area (Å²) in [5, 5.41) is 20.1. The number of aliphatic hydroxyl groups is 2. The van der Waals surface area contributed by atoms with E-state index in [0.29, 0.717) is 12.2 Å². The SMILES string of the molecule is O=C(CCSc1ccc(F)cc1)NCC(O)CO. The summed E-state index contributed by atoms with van der Waals surface area (Å²) >= 11 is 1.46. The summed E-state index contributed by atoms with van der Waals surface area (Å²) in [6.45, 7) is -0.318. The first kappa shape index (κ1) is 14.9. The van der Waals surface area contributed by atoms with Crippen LogP contribution < -0.4 is 5.32 Å². The molecule has 4 nitrogen and oxygen atoms in total. The second-order valence-electron chi connectivity index (χ2n) is 3.69. The highest BCUT2D eigenvalue weighted by atomic mass is 32.2. The van der Waals surface area contributed by atoms with Crippen molar-refractivity contribution in [2.75, 3.05) is 18.9 Å². The third-order valence-corrected chi connectivity index (χ3v) is 3.17. The minimum Gasteiger partial charge on any atom is -0.394 e. The predicted molar refractivity (Wildman–Crippen MR) is 67.8 cm³/mol. The standard InChI is InChI=1S/C12H16FNO3S/c13-9-1-3-11(4-2-9)18-6-5-12(17)14-7-10(16)8-15/h1-4,10,15-16H,5-8H2,(H,14,17). The first-order valence-corrected chi connectivity index (χ1v) is 6.54. The van der Waals surface area contributed by atoms with Crippen molar-refractivity contribution in [3.63, 3.8) is 0 Å². The van der Waals surface area contributed by atoms with Crippen molar-refractivity contribution in [2.45, 2.75) is 17.4 Å². The molecule has 1 aromatic rings. The first-order valence-electron chi connectivity index (χ1n) is 5.56. The number of aliphatic hydroxyl groups excluding tert-OH is 2. The first-order chi connectivity index (χ1) is 8.61. The largest absolute Gasteiger partial charge is 0.394 e. The summed E-state index contributed by atoms with van der Waals surface area (Å²) in [6.07, 6.45) is -0.612. The quantitative estimate of drug-likeness (QED) is 0.642. The second-order valence-corrected chi connectivity index (χ2v) is 4.86. The fourth-order valence-electron chi connectivity index (χ4n) is 1.18. The van der Waals surface area contributed by atoms with Gasteiger partial charge in [-0.2, -0.15) is 0 Å². The summed E-state index contributed by atoms with van der Waals surface area (Å²) in [6, 6.07) is 6.07. The van der Waals surface area contributed by atoms with E-state index in [1.54, 1.807) is 12.1 Å². The van der Waals surface area contributed by atoms with E-state index in [-0.39, 0.29) is 24.9 Å². The monoisotopic (exact) mass is 273 g/mol. The molecule has 0 heterocycles. The molecular formula is C12H16FNO3S. The Hall–Kier alpha value is -1.11. The Morgan fingerprint density at radius 2 is 2.06 bits per heavy atom. The molecule has 0 aliphatic rings. The molecule has 1 rings (SSSR count). The molecule has 3 N–H and O–H groups in total. The average molecular weight is 273 g/mol. The van der Waals surface area contributed by atoms with Crippen LogP contribution in [0.15, 0.2) is 29.2 Å². The smallest absolute Gasteiger partial charge is 0.220 e. The molecule has 0 aliphatic carbocycles. The maximum absolute atomic E-state index is 12.6. The molecule has 1 aromatic carbocycles. The van der Waals surface area contributed by atoms with E-state index in [9.17, 15) is 9.18 Å². The molecule has 18 heavy (non-hydrogen) atoms. The fourth-order valence-corrected chi connectivity index (χ4v) is 2.03. The molecular weight excluding hydrogens is 257 g/mol. The molecule has 1 amide bonds. The Balaban J connectivity index is 2.17. The minimum atomic E-state index is -0.918. The normalized spacial score (nSPS) is 12.2. The fraction of sp³-hybridized carbons (Fsp3) is 0.417. The average Bonchev–Trinajstić information content (AvgIpc) is 2.38. The molecule has 1 unspecified atom stereocenters. The van der Waals surface area contributed by atoms with Crippen molar-refractivity contribution in [3.05, 3.63) is 30.1 Å². The zero-order valence-electron chi connectivity index (χ0n) is 9.80. The summed E-state index contributed by atoms with van der Waals surface area (Å²) in [4.78, 5) is 12.2. The molecule has 0 spiro atoms. The molecule has 0 radical (unpaired) electrons. The Kier molecular flexibility index (Phi) is 6.70. The van der Waals surface area contributed by atoms with Crippen molar-refractivity contribution in [1.82, 2.24) is 5.32 Å². The molecule has 0 saturated carbocycles. The molecule has 0 bridgehead atoms. The van der Waals surface area contributed by atoms with Gasteiger partial charge in [0.25, 0.3) is 0 Å². The van der Waals surface area contributed by atoms with Gasteiger partial charge in [-0.1, -0.05) is 0 Å². The van der Waals surface area contributed by atoms with E-state index in [1.165, 1.54) is 23.9 Å². The van der Waals surface area contributed by atoms with Gasteiger partial charge in [0.2, 0.25) is 5.91 Å². The number of carbonyl (C=O) groups excluding carboxylic acids is 1. The van der Waals surface area contributed by atoms with Gasteiger partial charge in [0.05, 0.1) is 12.7 Å². The summed E-state index contributed by atoms with van der Waals surface area (Å²) in [5.74, 6) is 0.111. The van der Waals surface area contributed by atoms with E-state index in [0.717, 1.165) is 4.90 Å². The number of nitrogens with one attached hydrogen (secondary N) is 1. The lowest BCUT2D eigenvalue weighted by molar-refractivity contribution is -0.121. The zero-order valence-corrected chi connectivity index (χ0v) is 10.6. The van der Waals surface area contributed by atoms with Crippen LogP contribution in [-0.4, -0.2) is 41.1 Å². The van der Waals surface area contributed by atoms with Crippen molar-refractivity contribution in [2.24, 2.45) is 0 Å². The van der Waals surface area contributed by atoms with Gasteiger partial charge in [-0.05, 0) is 24.3 Å². The highest BCUT2D eigenvalue weighted by Crippen LogP contribution is 2.18. The van der Waals surface area contributed by atoms with E-state index >= 15 is 0 Å². The van der Waals surface area contributed by atoms with Crippen LogP contribution in [0.2, 0.25) is 0 Å². The van der Waals surface area contributed by atoms with Crippen LogP contribution in [0.5, 0.6) is 0 Å². The highest BCUT2D eigenvalue weighted by Gasteiger charge is 2.05. The predicted octanol–water partition coefficient (Wildman–Crippen LogP) is 0.777. The Bertz CT molecular complexity index is 372. The Morgan fingerprint density at radius 3 is 2.67 bits per heavy atom. The minimum absolute atomic E-state index is 0.0521. The van der Waals surface area contributed by atoms with Gasteiger partial charge in [-0.3, -0.25) is 4.79 Å². The summed E-state index contributed by atoms with van der Waals surface area (Å²) in [5.41, 5.74) is 0. The topological polar surface area (TPSA) is 69.6 Å². The van der Waals surface area contributed by atoms with E-state index in [2.05, 4.69) is 5.32 Å². The number of halogens is 1. The summed E-state index contributed by atoms with van der Waals surface area (Å²) < 4.78 is 12.6. The van der Waals surface area contributed by atoms with Crippen LogP contribution in [0.1, 0.15) is 6.42 Å². The molecule has 1 atom stereocenters. The number of hydrogen-bond donors (Lipinski definition) is 3. The number of hydrogen-bond acceptors (Lipinski definition) is 4. The van der Waals surface area contributed by atoms with Gasteiger partial charge < -0.3 is 15.5 Å². The van der Waals surface area contributed by atoms with Crippen LogP contribution in [-0.2, 0) is 4.79 Å². The second kappa shape index (κ2) is 8.07. The van der Waals surface area contributed by atoms with Crippen molar-refractivity contribution in [3.8, 4) is 0 Å².